The third-order valence-corrected chi connectivity index (χ3v) is 3.84. The van der Waals surface area contributed by atoms with Crippen molar-refractivity contribution in [1.82, 2.24) is 9.38 Å². The SMILES string of the molecule is COC(=O)c1cc(C(=O)c2nc(C)c3ccccn23)ccc1NC=O. The zero-order chi connectivity index (χ0) is 18.0. The van der Waals surface area contributed by atoms with E-state index in [2.05, 4.69) is 10.3 Å². The Kier molecular flexibility index (Phi) is 4.30. The highest BCUT2D eigenvalue weighted by molar-refractivity contribution is 6.09. The summed E-state index contributed by atoms with van der Waals surface area (Å²) >= 11 is 0. The highest BCUT2D eigenvalue weighted by Crippen LogP contribution is 2.21. The first kappa shape index (κ1) is 16.4. The van der Waals surface area contributed by atoms with Gasteiger partial charge < -0.3 is 10.1 Å². The monoisotopic (exact) mass is 337 g/mol. The molecule has 1 aromatic carbocycles. The highest BCUT2D eigenvalue weighted by atomic mass is 16.5. The average molecular weight is 337 g/mol. The van der Waals surface area contributed by atoms with Gasteiger partial charge in [0.05, 0.1) is 29.6 Å². The molecular formula is C18H15N3O4. The Labute approximate surface area is 143 Å². The molecule has 7 nitrogen and oxygen atoms in total. The molecule has 1 N–H and O–H groups in total. The summed E-state index contributed by atoms with van der Waals surface area (Å²) in [4.78, 5) is 39.8. The summed E-state index contributed by atoms with van der Waals surface area (Å²) in [6.07, 6.45) is 2.21. The van der Waals surface area contributed by atoms with Crippen LogP contribution in [0.25, 0.3) is 5.52 Å². The predicted octanol–water partition coefficient (Wildman–Crippen LogP) is 2.23. The number of esters is 1. The van der Waals surface area contributed by atoms with E-state index in [0.717, 1.165) is 11.2 Å². The highest BCUT2D eigenvalue weighted by Gasteiger charge is 2.20. The van der Waals surface area contributed by atoms with Gasteiger partial charge in [0.2, 0.25) is 12.2 Å². The average Bonchev–Trinajstić information content (AvgIpc) is 2.98. The van der Waals surface area contributed by atoms with Crippen LogP contribution in [0.1, 0.15) is 32.2 Å². The maximum Gasteiger partial charge on any atom is 0.339 e. The number of anilines is 1. The fraction of sp³-hybridized carbons (Fsp3) is 0.111. The topological polar surface area (TPSA) is 89.8 Å². The number of aromatic nitrogens is 2. The van der Waals surface area contributed by atoms with Crippen LogP contribution in [0, 0.1) is 6.92 Å². The first-order valence-corrected chi connectivity index (χ1v) is 7.47. The quantitative estimate of drug-likeness (QED) is 0.438. The van der Waals surface area contributed by atoms with Gasteiger partial charge in [0.1, 0.15) is 0 Å². The van der Waals surface area contributed by atoms with Crippen LogP contribution in [-0.4, -0.2) is 34.7 Å². The number of fused-ring (bicyclic) bond motifs is 1. The van der Waals surface area contributed by atoms with Crippen LogP contribution >= 0.6 is 0 Å². The number of pyridine rings is 1. The number of hydrogen-bond acceptors (Lipinski definition) is 5. The maximum atomic E-state index is 12.9. The molecule has 3 rings (SSSR count). The summed E-state index contributed by atoms with van der Waals surface area (Å²) in [5.41, 5.74) is 2.20. The first-order valence-electron chi connectivity index (χ1n) is 7.47. The van der Waals surface area contributed by atoms with Gasteiger partial charge in [-0.1, -0.05) is 6.07 Å². The molecule has 0 unspecified atom stereocenters. The van der Waals surface area contributed by atoms with Gasteiger partial charge in [-0.2, -0.15) is 0 Å². The van der Waals surface area contributed by atoms with E-state index >= 15 is 0 Å². The Morgan fingerprint density at radius 2 is 2.04 bits per heavy atom. The molecule has 7 heteroatoms. The van der Waals surface area contributed by atoms with E-state index in [1.54, 1.807) is 10.6 Å². The fourth-order valence-corrected chi connectivity index (χ4v) is 2.64. The number of nitrogens with one attached hydrogen (secondary N) is 1. The number of methoxy groups -OCH3 is 1. The van der Waals surface area contributed by atoms with Crippen molar-refractivity contribution in [2.45, 2.75) is 6.92 Å². The van der Waals surface area contributed by atoms with Crippen molar-refractivity contribution in [1.29, 1.82) is 0 Å². The normalized spacial score (nSPS) is 10.5. The van der Waals surface area contributed by atoms with Crippen molar-refractivity contribution in [2.24, 2.45) is 0 Å². The van der Waals surface area contributed by atoms with E-state index < -0.39 is 5.97 Å². The molecule has 3 aromatic rings. The van der Waals surface area contributed by atoms with E-state index in [-0.39, 0.29) is 28.4 Å². The van der Waals surface area contributed by atoms with Crippen LogP contribution in [0.15, 0.2) is 42.6 Å². The third-order valence-electron chi connectivity index (χ3n) is 3.84. The molecule has 2 aromatic heterocycles. The van der Waals surface area contributed by atoms with Gasteiger partial charge in [0, 0.05) is 11.8 Å². The van der Waals surface area contributed by atoms with Gasteiger partial charge in [-0.3, -0.25) is 14.0 Å². The number of carbonyl (C=O) groups is 3. The fourth-order valence-electron chi connectivity index (χ4n) is 2.64. The standard InChI is InChI=1S/C18H15N3O4/c1-11-15-5-3-4-8-21(15)17(20-11)16(23)12-6-7-14(19-10-22)13(9-12)18(24)25-2/h3-10H,1-2H3,(H,19,22). The van der Waals surface area contributed by atoms with Gasteiger partial charge in [-0.05, 0) is 37.3 Å². The second-order valence-corrected chi connectivity index (χ2v) is 5.32. The van der Waals surface area contributed by atoms with Crippen LogP contribution in [0.3, 0.4) is 0 Å². The molecule has 0 aliphatic heterocycles. The molecular weight excluding hydrogens is 322 g/mol. The number of ether oxygens (including phenoxy) is 1. The maximum absolute atomic E-state index is 12.9. The minimum absolute atomic E-state index is 0.0954. The van der Waals surface area contributed by atoms with Crippen LogP contribution in [0.2, 0.25) is 0 Å². The van der Waals surface area contributed by atoms with Gasteiger partial charge >= 0.3 is 5.97 Å². The molecule has 0 saturated carbocycles. The Morgan fingerprint density at radius 1 is 1.24 bits per heavy atom. The smallest absolute Gasteiger partial charge is 0.339 e. The number of benzene rings is 1. The van der Waals surface area contributed by atoms with Gasteiger partial charge in [0.15, 0.2) is 5.82 Å². The van der Waals surface area contributed by atoms with Gasteiger partial charge in [0.25, 0.3) is 0 Å². The largest absolute Gasteiger partial charge is 0.465 e. The Morgan fingerprint density at radius 3 is 2.76 bits per heavy atom. The lowest BCUT2D eigenvalue weighted by atomic mass is 10.0. The molecule has 0 spiro atoms. The van der Waals surface area contributed by atoms with Crippen molar-refractivity contribution in [3.8, 4) is 0 Å². The second kappa shape index (κ2) is 6.56. The summed E-state index contributed by atoms with van der Waals surface area (Å²) in [5.74, 6) is -0.736. The van der Waals surface area contributed by atoms with E-state index in [9.17, 15) is 14.4 Å². The number of amides is 1. The number of rotatable bonds is 5. The summed E-state index contributed by atoms with van der Waals surface area (Å²) in [6, 6.07) is 9.95. The van der Waals surface area contributed by atoms with E-state index in [0.29, 0.717) is 6.41 Å². The summed E-state index contributed by atoms with van der Waals surface area (Å²) < 4.78 is 6.41. The Hall–Kier alpha value is -3.48. The Bertz CT molecular complexity index is 991. The molecule has 1 amide bonds. The first-order chi connectivity index (χ1) is 12.1. The van der Waals surface area contributed by atoms with Crippen LogP contribution in [0.5, 0.6) is 0 Å². The number of nitrogens with zero attached hydrogens (tertiary/aromatic N) is 2. The zero-order valence-electron chi connectivity index (χ0n) is 13.6. The Balaban J connectivity index is 2.10. The molecule has 25 heavy (non-hydrogen) atoms. The van der Waals surface area contributed by atoms with Crippen molar-refractivity contribution in [2.75, 3.05) is 12.4 Å². The van der Waals surface area contributed by atoms with E-state index in [1.807, 2.05) is 25.1 Å². The molecule has 0 atom stereocenters. The predicted molar refractivity (Wildman–Crippen MR) is 90.8 cm³/mol. The lowest BCUT2D eigenvalue weighted by Crippen LogP contribution is -2.11. The molecule has 0 bridgehead atoms. The summed E-state index contributed by atoms with van der Waals surface area (Å²) in [5, 5.41) is 2.42. The third kappa shape index (κ3) is 2.87. The van der Waals surface area contributed by atoms with Crippen LogP contribution in [0.4, 0.5) is 5.69 Å². The van der Waals surface area contributed by atoms with Crippen molar-refractivity contribution < 1.29 is 19.1 Å². The number of carbonyl (C=O) groups excluding carboxylic acids is 3. The number of aryl methyl sites for hydroxylation is 1. The second-order valence-electron chi connectivity index (χ2n) is 5.32. The molecule has 126 valence electrons. The molecule has 2 heterocycles. The van der Waals surface area contributed by atoms with E-state index in [1.165, 1.54) is 25.3 Å². The zero-order valence-corrected chi connectivity index (χ0v) is 13.6. The van der Waals surface area contributed by atoms with Crippen molar-refractivity contribution in [3.63, 3.8) is 0 Å². The molecule has 0 fully saturated rings. The molecule has 0 saturated heterocycles. The number of ketones is 1. The minimum atomic E-state index is -0.650. The lowest BCUT2D eigenvalue weighted by Gasteiger charge is -2.08. The van der Waals surface area contributed by atoms with Crippen LogP contribution in [-0.2, 0) is 9.53 Å². The molecule has 0 aliphatic rings. The van der Waals surface area contributed by atoms with Gasteiger partial charge in [-0.25, -0.2) is 9.78 Å². The minimum Gasteiger partial charge on any atom is -0.465 e. The van der Waals surface area contributed by atoms with Gasteiger partial charge in [-0.15, -0.1) is 0 Å². The summed E-state index contributed by atoms with van der Waals surface area (Å²) in [6.45, 7) is 1.82. The van der Waals surface area contributed by atoms with Crippen LogP contribution < -0.4 is 5.32 Å². The lowest BCUT2D eigenvalue weighted by molar-refractivity contribution is -0.105. The number of imidazole rings is 1. The van der Waals surface area contributed by atoms with Crippen molar-refractivity contribution in [3.05, 3.63) is 65.2 Å². The summed E-state index contributed by atoms with van der Waals surface area (Å²) in [7, 11) is 1.23. The van der Waals surface area contributed by atoms with E-state index in [4.69, 9.17) is 4.74 Å². The molecule has 0 radical (unpaired) electrons. The molecule has 0 aliphatic carbocycles. The number of hydrogen-bond donors (Lipinski definition) is 1. The van der Waals surface area contributed by atoms with Crippen molar-refractivity contribution >= 4 is 29.4 Å².